The first-order valence-electron chi connectivity index (χ1n) is 6.46. The number of hydrogen-bond donors (Lipinski definition) is 0. The topological polar surface area (TPSA) is 0 Å². The van der Waals surface area contributed by atoms with Crippen molar-refractivity contribution < 1.29 is 0 Å². The average molecular weight is 244 g/mol. The van der Waals surface area contributed by atoms with Crippen LogP contribution in [0.15, 0.2) is 41.5 Å². The molecule has 0 aromatic heterocycles. The summed E-state index contributed by atoms with van der Waals surface area (Å²) < 4.78 is 0.854. The zero-order chi connectivity index (χ0) is 13.9. The lowest BCUT2D eigenvalue weighted by Crippen LogP contribution is -2.34. The summed E-state index contributed by atoms with van der Waals surface area (Å²) in [6.45, 7) is 8.62. The standard InChI is InChI=1S/C17H26N/c1-13(2)12-17(14(3)4)15-8-10-16(11-9-15)18(5,6)7/h8-12H,1-7H3/q+1. The maximum absolute atomic E-state index is 2.26. The van der Waals surface area contributed by atoms with Gasteiger partial charge >= 0.3 is 0 Å². The first-order valence-corrected chi connectivity index (χ1v) is 6.46. The summed E-state index contributed by atoms with van der Waals surface area (Å²) in [5.41, 5.74) is 6.65. The SMILES string of the molecule is CC(C)=CC(=C(C)C)c1ccc([N+](C)(C)C)cc1. The molecule has 1 heteroatoms. The van der Waals surface area contributed by atoms with Crippen LogP contribution in [0.4, 0.5) is 5.69 Å². The van der Waals surface area contributed by atoms with Crippen LogP contribution in [0.1, 0.15) is 33.3 Å². The molecule has 0 spiro atoms. The number of benzene rings is 1. The molecule has 98 valence electrons. The van der Waals surface area contributed by atoms with E-state index >= 15 is 0 Å². The molecule has 1 nitrogen and oxygen atoms in total. The quantitative estimate of drug-likeness (QED) is 0.536. The van der Waals surface area contributed by atoms with Crippen molar-refractivity contribution >= 4 is 11.3 Å². The monoisotopic (exact) mass is 244 g/mol. The number of quaternary nitrogens is 1. The smallest absolute Gasteiger partial charge is 0.132 e. The van der Waals surface area contributed by atoms with E-state index in [-0.39, 0.29) is 0 Å². The zero-order valence-corrected chi connectivity index (χ0v) is 12.8. The fourth-order valence-corrected chi connectivity index (χ4v) is 1.89. The number of hydrogen-bond acceptors (Lipinski definition) is 0. The Morgan fingerprint density at radius 1 is 0.889 bits per heavy atom. The van der Waals surface area contributed by atoms with E-state index < -0.39 is 0 Å². The van der Waals surface area contributed by atoms with Crippen molar-refractivity contribution in [2.75, 3.05) is 21.1 Å². The van der Waals surface area contributed by atoms with Gasteiger partial charge in [0.2, 0.25) is 0 Å². The molecule has 0 aliphatic heterocycles. The first-order chi connectivity index (χ1) is 8.21. The fourth-order valence-electron chi connectivity index (χ4n) is 1.89. The minimum absolute atomic E-state index is 0.854. The molecule has 0 aliphatic carbocycles. The van der Waals surface area contributed by atoms with Crippen molar-refractivity contribution in [3.8, 4) is 0 Å². The van der Waals surface area contributed by atoms with E-state index in [1.165, 1.54) is 28.0 Å². The lowest BCUT2D eigenvalue weighted by Gasteiger charge is -2.23. The first kappa shape index (κ1) is 14.7. The van der Waals surface area contributed by atoms with Crippen molar-refractivity contribution in [1.29, 1.82) is 0 Å². The maximum Gasteiger partial charge on any atom is 0.132 e. The molecule has 0 saturated carbocycles. The Morgan fingerprint density at radius 2 is 1.39 bits per heavy atom. The Labute approximate surface area is 112 Å². The minimum Gasteiger partial charge on any atom is -0.298 e. The molecule has 0 saturated heterocycles. The Morgan fingerprint density at radius 3 is 1.72 bits per heavy atom. The Kier molecular flexibility index (Phi) is 4.53. The van der Waals surface area contributed by atoms with Gasteiger partial charge in [0.15, 0.2) is 0 Å². The van der Waals surface area contributed by atoms with Crippen molar-refractivity contribution in [2.45, 2.75) is 27.7 Å². The molecule has 0 fully saturated rings. The van der Waals surface area contributed by atoms with E-state index in [2.05, 4.69) is 79.2 Å². The van der Waals surface area contributed by atoms with Crippen LogP contribution in [-0.2, 0) is 0 Å². The van der Waals surface area contributed by atoms with Gasteiger partial charge in [-0.15, -0.1) is 0 Å². The molecule has 0 unspecified atom stereocenters. The molecule has 0 aliphatic rings. The summed E-state index contributed by atoms with van der Waals surface area (Å²) in [7, 11) is 6.56. The molecular formula is C17H26N+. The summed E-state index contributed by atoms with van der Waals surface area (Å²) in [6, 6.07) is 8.88. The minimum atomic E-state index is 0.854. The molecule has 18 heavy (non-hydrogen) atoms. The van der Waals surface area contributed by atoms with Crippen molar-refractivity contribution in [3.05, 3.63) is 47.1 Å². The second-order valence-electron chi connectivity index (χ2n) is 6.19. The summed E-state index contributed by atoms with van der Waals surface area (Å²) in [4.78, 5) is 0. The highest BCUT2D eigenvalue weighted by atomic mass is 15.3. The molecule has 0 bridgehead atoms. The summed E-state index contributed by atoms with van der Waals surface area (Å²) in [6.07, 6.45) is 2.26. The second kappa shape index (κ2) is 5.53. The van der Waals surface area contributed by atoms with Gasteiger partial charge in [0.1, 0.15) is 5.69 Å². The van der Waals surface area contributed by atoms with E-state index in [0.29, 0.717) is 0 Å². The van der Waals surface area contributed by atoms with E-state index in [1.54, 1.807) is 0 Å². The van der Waals surface area contributed by atoms with Crippen LogP contribution in [0.5, 0.6) is 0 Å². The lowest BCUT2D eigenvalue weighted by molar-refractivity contribution is 0.486. The molecule has 0 amide bonds. The van der Waals surface area contributed by atoms with Gasteiger partial charge in [-0.05, 0) is 63.1 Å². The van der Waals surface area contributed by atoms with Crippen molar-refractivity contribution in [3.63, 3.8) is 0 Å². The van der Waals surface area contributed by atoms with Crippen LogP contribution in [0, 0.1) is 0 Å². The Hall–Kier alpha value is -1.34. The third-order valence-corrected chi connectivity index (χ3v) is 2.92. The normalized spacial score (nSPS) is 11.1. The molecule has 0 heterocycles. The third-order valence-electron chi connectivity index (χ3n) is 2.92. The predicted octanol–water partition coefficient (Wildman–Crippen LogP) is 4.64. The van der Waals surface area contributed by atoms with Crippen LogP contribution >= 0.6 is 0 Å². The largest absolute Gasteiger partial charge is 0.298 e. The number of rotatable bonds is 3. The summed E-state index contributed by atoms with van der Waals surface area (Å²) in [5.74, 6) is 0. The van der Waals surface area contributed by atoms with Crippen LogP contribution in [0.2, 0.25) is 0 Å². The molecular weight excluding hydrogens is 218 g/mol. The summed E-state index contributed by atoms with van der Waals surface area (Å²) >= 11 is 0. The van der Waals surface area contributed by atoms with Gasteiger partial charge in [-0.1, -0.05) is 17.2 Å². The van der Waals surface area contributed by atoms with Gasteiger partial charge in [-0.3, -0.25) is 4.48 Å². The number of nitrogens with zero attached hydrogens (tertiary/aromatic N) is 1. The molecule has 0 atom stereocenters. The predicted molar refractivity (Wildman–Crippen MR) is 83.7 cm³/mol. The van der Waals surface area contributed by atoms with Crippen molar-refractivity contribution in [2.24, 2.45) is 0 Å². The van der Waals surface area contributed by atoms with Gasteiger partial charge in [-0.25, -0.2) is 0 Å². The van der Waals surface area contributed by atoms with Gasteiger partial charge in [0, 0.05) is 0 Å². The van der Waals surface area contributed by atoms with Gasteiger partial charge in [0.25, 0.3) is 0 Å². The van der Waals surface area contributed by atoms with Crippen LogP contribution in [0.3, 0.4) is 0 Å². The Balaban J connectivity index is 3.19. The molecule has 0 N–H and O–H groups in total. The fraction of sp³-hybridized carbons (Fsp3) is 0.412. The van der Waals surface area contributed by atoms with Crippen LogP contribution < -0.4 is 4.48 Å². The highest BCUT2D eigenvalue weighted by molar-refractivity contribution is 5.77. The van der Waals surface area contributed by atoms with Gasteiger partial charge < -0.3 is 0 Å². The third kappa shape index (κ3) is 3.85. The summed E-state index contributed by atoms with van der Waals surface area (Å²) in [5, 5.41) is 0. The van der Waals surface area contributed by atoms with Crippen LogP contribution in [0.25, 0.3) is 5.57 Å². The molecule has 1 aromatic carbocycles. The molecule has 1 rings (SSSR count). The van der Waals surface area contributed by atoms with Gasteiger partial charge in [-0.2, -0.15) is 0 Å². The highest BCUT2D eigenvalue weighted by Gasteiger charge is 2.11. The Bertz CT molecular complexity index is 459. The maximum atomic E-state index is 2.26. The van der Waals surface area contributed by atoms with E-state index in [9.17, 15) is 0 Å². The molecule has 1 aromatic rings. The molecule has 0 radical (unpaired) electrons. The van der Waals surface area contributed by atoms with Crippen molar-refractivity contribution in [1.82, 2.24) is 4.48 Å². The van der Waals surface area contributed by atoms with Gasteiger partial charge in [0.05, 0.1) is 21.1 Å². The van der Waals surface area contributed by atoms with E-state index in [0.717, 1.165) is 4.48 Å². The average Bonchev–Trinajstić information content (AvgIpc) is 2.24. The highest BCUT2D eigenvalue weighted by Crippen LogP contribution is 2.25. The van der Waals surface area contributed by atoms with Crippen LogP contribution in [-0.4, -0.2) is 21.1 Å². The number of allylic oxidation sites excluding steroid dienone is 4. The second-order valence-corrected chi connectivity index (χ2v) is 6.19. The van der Waals surface area contributed by atoms with E-state index in [1.807, 2.05) is 0 Å². The zero-order valence-electron chi connectivity index (χ0n) is 12.8. The lowest BCUT2D eigenvalue weighted by atomic mass is 9.99. The van der Waals surface area contributed by atoms with E-state index in [4.69, 9.17) is 0 Å².